The molecule has 0 unspecified atom stereocenters. The lowest BCUT2D eigenvalue weighted by Gasteiger charge is -2.17. The Morgan fingerprint density at radius 3 is 1.75 bits per heavy atom. The van der Waals surface area contributed by atoms with Gasteiger partial charge in [0.15, 0.2) is 0 Å². The third kappa shape index (κ3) is 4.47. The molecule has 0 aliphatic heterocycles. The lowest BCUT2D eigenvalue weighted by atomic mass is 9.96. The minimum Gasteiger partial charge on any atom is -0.309 e. The maximum Gasteiger partial charge on any atom is 0.0979 e. The Balaban J connectivity index is 1.18. The molecule has 0 saturated heterocycles. The maximum atomic E-state index is 5.31. The van der Waals surface area contributed by atoms with Gasteiger partial charge in [0, 0.05) is 49.1 Å². The minimum atomic E-state index is 0.876. The van der Waals surface area contributed by atoms with Gasteiger partial charge in [-0.15, -0.1) is 0 Å². The molecule has 0 aliphatic rings. The summed E-state index contributed by atoms with van der Waals surface area (Å²) in [4.78, 5) is 10.5. The van der Waals surface area contributed by atoms with Crippen LogP contribution in [0.1, 0.15) is 0 Å². The third-order valence-electron chi connectivity index (χ3n) is 11.5. The molecular weight excluding hydrogens is 681 g/mol. The molecule has 4 nitrogen and oxygen atoms in total. The molecule has 260 valence electrons. The molecule has 12 rings (SSSR count). The van der Waals surface area contributed by atoms with Crippen molar-refractivity contribution >= 4 is 76.2 Å². The summed E-state index contributed by atoms with van der Waals surface area (Å²) in [6, 6.07) is 69.6. The largest absolute Gasteiger partial charge is 0.309 e. The van der Waals surface area contributed by atoms with E-state index in [0.717, 1.165) is 61.2 Å². The fourth-order valence-corrected chi connectivity index (χ4v) is 9.01. The number of hydrogen-bond donors (Lipinski definition) is 0. The summed E-state index contributed by atoms with van der Waals surface area (Å²) in [5, 5.41) is 9.71. The van der Waals surface area contributed by atoms with Gasteiger partial charge in [-0.05, 0) is 65.4 Å². The number of aromatic nitrogens is 4. The molecule has 0 atom stereocenters. The van der Waals surface area contributed by atoms with Gasteiger partial charge >= 0.3 is 0 Å². The number of nitrogens with zero attached hydrogens (tertiary/aromatic N) is 4. The Bertz CT molecular complexity index is 3520. The van der Waals surface area contributed by atoms with E-state index in [-0.39, 0.29) is 0 Å². The van der Waals surface area contributed by atoms with Crippen molar-refractivity contribution in [2.24, 2.45) is 0 Å². The Labute approximate surface area is 322 Å². The summed E-state index contributed by atoms with van der Waals surface area (Å²) in [6.07, 6.45) is 0. The van der Waals surface area contributed by atoms with Crippen LogP contribution in [0, 0.1) is 0 Å². The monoisotopic (exact) mass is 712 g/mol. The van der Waals surface area contributed by atoms with Gasteiger partial charge in [-0.1, -0.05) is 140 Å². The fourth-order valence-electron chi connectivity index (χ4n) is 9.01. The number of fused-ring (bicyclic) bond motifs is 10. The SMILES string of the molecule is c1ccc(-c2nc3ccccc3nc2-c2ccc(-n3c4ccccc4c4cc5c6ccc7ccccc7c6n(-c6ccccc6)c5cc43)c3ccccc23)cc1. The van der Waals surface area contributed by atoms with Crippen LogP contribution >= 0.6 is 0 Å². The van der Waals surface area contributed by atoms with E-state index in [4.69, 9.17) is 9.97 Å². The molecule has 4 heteroatoms. The van der Waals surface area contributed by atoms with Crippen molar-refractivity contribution in [3.63, 3.8) is 0 Å². The minimum absolute atomic E-state index is 0.876. The first-order chi connectivity index (χ1) is 27.8. The van der Waals surface area contributed by atoms with Crippen LogP contribution in [0.5, 0.6) is 0 Å². The van der Waals surface area contributed by atoms with Crippen molar-refractivity contribution in [2.45, 2.75) is 0 Å². The summed E-state index contributed by atoms with van der Waals surface area (Å²) >= 11 is 0. The highest BCUT2D eigenvalue weighted by Gasteiger charge is 2.22. The van der Waals surface area contributed by atoms with Crippen LogP contribution < -0.4 is 0 Å². The van der Waals surface area contributed by atoms with E-state index in [1.54, 1.807) is 0 Å². The molecule has 9 aromatic carbocycles. The first-order valence-corrected chi connectivity index (χ1v) is 19.1. The standard InChI is InChI=1S/C52H32N4/c1-3-16-34(17-4-1)50-51(54-45-25-13-12-24-44(45)53-50)40-29-30-47(38-22-10-9-21-37(38)40)56-46-26-14-11-23-39(46)42-31-43-41-28-27-33-15-7-8-20-36(33)52(41)55(48(43)32-49(42)56)35-18-5-2-6-19-35/h1-32H. The second-order valence-corrected chi connectivity index (χ2v) is 14.5. The quantitative estimate of drug-likeness (QED) is 0.182. The Morgan fingerprint density at radius 1 is 0.339 bits per heavy atom. The van der Waals surface area contributed by atoms with Gasteiger partial charge in [-0.25, -0.2) is 9.97 Å². The average Bonchev–Trinajstić information content (AvgIpc) is 3.77. The Morgan fingerprint density at radius 2 is 0.946 bits per heavy atom. The van der Waals surface area contributed by atoms with Gasteiger partial charge in [-0.3, -0.25) is 0 Å². The van der Waals surface area contributed by atoms with Crippen molar-refractivity contribution in [3.05, 3.63) is 194 Å². The van der Waals surface area contributed by atoms with Gasteiger partial charge in [0.1, 0.15) is 0 Å². The summed E-state index contributed by atoms with van der Waals surface area (Å²) < 4.78 is 4.92. The molecule has 0 fully saturated rings. The molecule has 3 aromatic heterocycles. The van der Waals surface area contributed by atoms with Crippen molar-refractivity contribution in [1.29, 1.82) is 0 Å². The second kappa shape index (κ2) is 12.0. The summed E-state index contributed by atoms with van der Waals surface area (Å²) in [5.41, 5.74) is 12.6. The summed E-state index contributed by atoms with van der Waals surface area (Å²) in [7, 11) is 0. The predicted molar refractivity (Wildman–Crippen MR) is 234 cm³/mol. The first-order valence-electron chi connectivity index (χ1n) is 19.1. The van der Waals surface area contributed by atoms with E-state index in [2.05, 4.69) is 173 Å². The normalized spacial score (nSPS) is 11.9. The van der Waals surface area contributed by atoms with Gasteiger partial charge < -0.3 is 9.13 Å². The van der Waals surface area contributed by atoms with Crippen molar-refractivity contribution in [3.8, 4) is 33.9 Å². The molecular formula is C52H32N4. The lowest BCUT2D eigenvalue weighted by molar-refractivity contribution is 1.17. The summed E-state index contributed by atoms with van der Waals surface area (Å²) in [6.45, 7) is 0. The van der Waals surface area contributed by atoms with E-state index in [9.17, 15) is 0 Å². The van der Waals surface area contributed by atoms with Crippen LogP contribution in [0.25, 0.3) is 110 Å². The molecule has 0 radical (unpaired) electrons. The van der Waals surface area contributed by atoms with E-state index in [1.807, 2.05) is 30.3 Å². The smallest absolute Gasteiger partial charge is 0.0979 e. The van der Waals surface area contributed by atoms with Gasteiger partial charge in [0.05, 0.1) is 50.2 Å². The number of para-hydroxylation sites is 4. The number of hydrogen-bond acceptors (Lipinski definition) is 2. The predicted octanol–water partition coefficient (Wildman–Crippen LogP) is 13.5. The fraction of sp³-hybridized carbons (Fsp3) is 0. The first kappa shape index (κ1) is 30.9. The topological polar surface area (TPSA) is 35.6 Å². The molecule has 0 N–H and O–H groups in total. The molecule has 0 amide bonds. The zero-order chi connectivity index (χ0) is 36.7. The van der Waals surface area contributed by atoms with E-state index >= 15 is 0 Å². The van der Waals surface area contributed by atoms with Crippen LogP contribution in [0.2, 0.25) is 0 Å². The van der Waals surface area contributed by atoms with Gasteiger partial charge in [0.2, 0.25) is 0 Å². The third-order valence-corrected chi connectivity index (χ3v) is 11.5. The highest BCUT2D eigenvalue weighted by molar-refractivity contribution is 6.23. The molecule has 56 heavy (non-hydrogen) atoms. The number of rotatable bonds is 4. The van der Waals surface area contributed by atoms with Gasteiger partial charge in [0.25, 0.3) is 0 Å². The zero-order valence-electron chi connectivity index (χ0n) is 30.3. The summed E-state index contributed by atoms with van der Waals surface area (Å²) in [5.74, 6) is 0. The Kier molecular flexibility index (Phi) is 6.60. The van der Waals surface area contributed by atoms with E-state index in [1.165, 1.54) is 48.9 Å². The van der Waals surface area contributed by atoms with Crippen LogP contribution in [-0.2, 0) is 0 Å². The average molecular weight is 713 g/mol. The van der Waals surface area contributed by atoms with Crippen LogP contribution in [0.3, 0.4) is 0 Å². The molecule has 3 heterocycles. The molecule has 12 aromatic rings. The van der Waals surface area contributed by atoms with E-state index in [0.29, 0.717) is 0 Å². The van der Waals surface area contributed by atoms with Crippen LogP contribution in [0.15, 0.2) is 194 Å². The molecule has 0 aliphatic carbocycles. The van der Waals surface area contributed by atoms with Crippen LogP contribution in [0.4, 0.5) is 0 Å². The molecule has 0 spiro atoms. The molecule has 0 bridgehead atoms. The molecule has 0 saturated carbocycles. The van der Waals surface area contributed by atoms with Crippen molar-refractivity contribution in [2.75, 3.05) is 0 Å². The van der Waals surface area contributed by atoms with E-state index < -0.39 is 0 Å². The van der Waals surface area contributed by atoms with Crippen molar-refractivity contribution in [1.82, 2.24) is 19.1 Å². The highest BCUT2D eigenvalue weighted by Crippen LogP contribution is 2.44. The van der Waals surface area contributed by atoms with Crippen molar-refractivity contribution < 1.29 is 0 Å². The Hall–Kier alpha value is -7.56. The maximum absolute atomic E-state index is 5.31. The van der Waals surface area contributed by atoms with Gasteiger partial charge in [-0.2, -0.15) is 0 Å². The number of benzene rings is 9. The second-order valence-electron chi connectivity index (χ2n) is 14.5. The highest BCUT2D eigenvalue weighted by atomic mass is 15.0. The zero-order valence-corrected chi connectivity index (χ0v) is 30.3. The lowest BCUT2D eigenvalue weighted by Crippen LogP contribution is -1.99. The van der Waals surface area contributed by atoms with Crippen LogP contribution in [-0.4, -0.2) is 19.1 Å².